The van der Waals surface area contributed by atoms with Crippen LogP contribution >= 0.6 is 0 Å². The molecule has 17 heavy (non-hydrogen) atoms. The molecule has 2 aliphatic heterocycles. The molecule has 1 aromatic rings. The molecule has 0 amide bonds. The smallest absolute Gasteiger partial charge is 0.109 e. The number of aromatic nitrogens is 2. The van der Waals surface area contributed by atoms with Gasteiger partial charge >= 0.3 is 0 Å². The Kier molecular flexibility index (Phi) is 3.16. The van der Waals surface area contributed by atoms with Crippen LogP contribution in [0.2, 0.25) is 0 Å². The second kappa shape index (κ2) is 4.78. The molecule has 0 bridgehead atoms. The van der Waals surface area contributed by atoms with Crippen molar-refractivity contribution < 1.29 is 5.11 Å². The van der Waals surface area contributed by atoms with E-state index in [1.807, 2.05) is 6.20 Å². The van der Waals surface area contributed by atoms with Crippen LogP contribution in [-0.4, -0.2) is 33.9 Å². The maximum absolute atomic E-state index is 9.75. The van der Waals surface area contributed by atoms with Crippen molar-refractivity contribution >= 4 is 0 Å². The largest absolute Gasteiger partial charge is 0.391 e. The van der Waals surface area contributed by atoms with Gasteiger partial charge in [0.05, 0.1) is 12.6 Å². The van der Waals surface area contributed by atoms with E-state index >= 15 is 0 Å². The lowest BCUT2D eigenvalue weighted by Gasteiger charge is -2.25. The van der Waals surface area contributed by atoms with Crippen LogP contribution in [0.5, 0.6) is 0 Å². The number of aryl methyl sites for hydroxylation is 1. The van der Waals surface area contributed by atoms with Crippen molar-refractivity contribution in [3.63, 3.8) is 0 Å². The first kappa shape index (κ1) is 11.2. The summed E-state index contributed by atoms with van der Waals surface area (Å²) in [7, 11) is 0. The number of aliphatic hydroxyl groups is 1. The van der Waals surface area contributed by atoms with Gasteiger partial charge in [-0.2, -0.15) is 0 Å². The maximum Gasteiger partial charge on any atom is 0.109 e. The fourth-order valence-electron chi connectivity index (χ4n) is 3.00. The zero-order chi connectivity index (χ0) is 11.7. The molecule has 4 heteroatoms. The Labute approximate surface area is 102 Å². The highest BCUT2D eigenvalue weighted by Gasteiger charge is 2.22. The van der Waals surface area contributed by atoms with E-state index in [2.05, 4.69) is 14.9 Å². The molecule has 2 N–H and O–H groups in total. The summed E-state index contributed by atoms with van der Waals surface area (Å²) in [4.78, 5) is 4.56. The highest BCUT2D eigenvalue weighted by molar-refractivity contribution is 5.09. The van der Waals surface area contributed by atoms with Gasteiger partial charge in [-0.15, -0.1) is 0 Å². The number of nitrogens with zero attached hydrogens (tertiary/aromatic N) is 2. The van der Waals surface area contributed by atoms with E-state index in [9.17, 15) is 5.11 Å². The lowest BCUT2D eigenvalue weighted by molar-refractivity contribution is 0.129. The summed E-state index contributed by atoms with van der Waals surface area (Å²) in [5.41, 5.74) is 1.30. The summed E-state index contributed by atoms with van der Waals surface area (Å²) in [6.07, 6.45) is 7.27. The van der Waals surface area contributed by atoms with Gasteiger partial charge in [-0.25, -0.2) is 4.98 Å². The minimum Gasteiger partial charge on any atom is -0.391 e. The number of rotatable bonds is 2. The van der Waals surface area contributed by atoms with Gasteiger partial charge in [-0.1, -0.05) is 0 Å². The lowest BCUT2D eigenvalue weighted by atomic mass is 9.94. The van der Waals surface area contributed by atoms with Gasteiger partial charge in [0, 0.05) is 18.3 Å². The Balaban J connectivity index is 1.72. The third-order valence-electron chi connectivity index (χ3n) is 4.08. The van der Waals surface area contributed by atoms with Gasteiger partial charge in [-0.3, -0.25) is 0 Å². The van der Waals surface area contributed by atoms with Gasteiger partial charge in [0.25, 0.3) is 0 Å². The molecule has 1 saturated heterocycles. The summed E-state index contributed by atoms with van der Waals surface area (Å²) < 4.78 is 2.25. The van der Waals surface area contributed by atoms with E-state index in [4.69, 9.17) is 0 Å². The van der Waals surface area contributed by atoms with Crippen molar-refractivity contribution in [2.75, 3.05) is 13.1 Å². The summed E-state index contributed by atoms with van der Waals surface area (Å²) in [5.74, 6) is 1.95. The average Bonchev–Trinajstić information content (AvgIpc) is 2.73. The predicted molar refractivity (Wildman–Crippen MR) is 65.9 cm³/mol. The van der Waals surface area contributed by atoms with E-state index in [-0.39, 0.29) is 6.10 Å². The Morgan fingerprint density at radius 1 is 1.35 bits per heavy atom. The Morgan fingerprint density at radius 3 is 3.00 bits per heavy atom. The van der Waals surface area contributed by atoms with Crippen molar-refractivity contribution in [1.29, 1.82) is 0 Å². The first-order valence-electron chi connectivity index (χ1n) is 6.75. The molecule has 1 atom stereocenters. The molecule has 3 heterocycles. The quantitative estimate of drug-likeness (QED) is 0.794. The number of imidazole rings is 1. The van der Waals surface area contributed by atoms with Crippen LogP contribution in [0, 0.1) is 5.92 Å². The van der Waals surface area contributed by atoms with E-state index in [0.717, 1.165) is 44.8 Å². The van der Waals surface area contributed by atoms with Crippen molar-refractivity contribution in [3.05, 3.63) is 17.7 Å². The predicted octanol–water partition coefficient (Wildman–Crippen LogP) is 0.732. The normalized spacial score (nSPS) is 25.8. The molecule has 0 radical (unpaired) electrons. The van der Waals surface area contributed by atoms with Gasteiger partial charge < -0.3 is 15.0 Å². The highest BCUT2D eigenvalue weighted by atomic mass is 16.3. The minimum atomic E-state index is -0.177. The molecule has 4 nitrogen and oxygen atoms in total. The topological polar surface area (TPSA) is 50.1 Å². The molecule has 0 saturated carbocycles. The zero-order valence-corrected chi connectivity index (χ0v) is 10.2. The standard InChI is InChI=1S/C13H21N3O/c17-12-2-1-11-8-15-13(16(11)9-12)7-10-3-5-14-6-4-10/h8,10,12,14,17H,1-7,9H2. The number of hydrogen-bond donors (Lipinski definition) is 2. The van der Waals surface area contributed by atoms with Crippen LogP contribution in [-0.2, 0) is 19.4 Å². The number of piperidine rings is 1. The number of aliphatic hydroxyl groups excluding tert-OH is 1. The van der Waals surface area contributed by atoms with Crippen LogP contribution < -0.4 is 5.32 Å². The van der Waals surface area contributed by atoms with Crippen LogP contribution in [0.1, 0.15) is 30.8 Å². The van der Waals surface area contributed by atoms with Gasteiger partial charge in [-0.05, 0) is 44.7 Å². The number of nitrogens with one attached hydrogen (secondary N) is 1. The highest BCUT2D eigenvalue weighted by Crippen LogP contribution is 2.22. The zero-order valence-electron chi connectivity index (χ0n) is 10.2. The van der Waals surface area contributed by atoms with Gasteiger partial charge in [0.15, 0.2) is 0 Å². The van der Waals surface area contributed by atoms with Crippen molar-refractivity contribution in [3.8, 4) is 0 Å². The van der Waals surface area contributed by atoms with Crippen LogP contribution in [0.15, 0.2) is 6.20 Å². The number of fused-ring (bicyclic) bond motifs is 1. The summed E-state index contributed by atoms with van der Waals surface area (Å²) in [6, 6.07) is 0. The summed E-state index contributed by atoms with van der Waals surface area (Å²) in [5, 5.41) is 13.1. The molecule has 3 rings (SSSR count). The van der Waals surface area contributed by atoms with Crippen molar-refractivity contribution in [2.45, 2.75) is 44.8 Å². The fraction of sp³-hybridized carbons (Fsp3) is 0.769. The van der Waals surface area contributed by atoms with E-state index in [0.29, 0.717) is 0 Å². The molecule has 2 aliphatic rings. The first-order valence-corrected chi connectivity index (χ1v) is 6.75. The van der Waals surface area contributed by atoms with Gasteiger partial charge in [0.1, 0.15) is 5.82 Å². The Bertz CT molecular complexity index is 382. The lowest BCUT2D eigenvalue weighted by Crippen LogP contribution is -2.30. The van der Waals surface area contributed by atoms with E-state index in [1.54, 1.807) is 0 Å². The molecule has 94 valence electrons. The van der Waals surface area contributed by atoms with Gasteiger partial charge in [0.2, 0.25) is 0 Å². The minimum absolute atomic E-state index is 0.177. The third-order valence-corrected chi connectivity index (χ3v) is 4.08. The van der Waals surface area contributed by atoms with Crippen LogP contribution in [0.25, 0.3) is 0 Å². The van der Waals surface area contributed by atoms with Crippen molar-refractivity contribution in [2.24, 2.45) is 5.92 Å². The monoisotopic (exact) mass is 235 g/mol. The van der Waals surface area contributed by atoms with E-state index in [1.165, 1.54) is 24.4 Å². The summed E-state index contributed by atoms with van der Waals surface area (Å²) >= 11 is 0. The second-order valence-corrected chi connectivity index (χ2v) is 5.37. The molecule has 0 spiro atoms. The molecule has 0 aliphatic carbocycles. The summed E-state index contributed by atoms with van der Waals surface area (Å²) in [6.45, 7) is 3.03. The van der Waals surface area contributed by atoms with Crippen LogP contribution in [0.4, 0.5) is 0 Å². The SMILES string of the molecule is OC1CCc2cnc(CC3CCNCC3)n2C1. The maximum atomic E-state index is 9.75. The molecule has 1 aromatic heterocycles. The molecule has 1 fully saturated rings. The molecule has 1 unspecified atom stereocenters. The Morgan fingerprint density at radius 2 is 2.18 bits per heavy atom. The fourth-order valence-corrected chi connectivity index (χ4v) is 3.00. The molecule has 0 aromatic carbocycles. The first-order chi connectivity index (χ1) is 8.33. The Hall–Kier alpha value is -0.870. The third kappa shape index (κ3) is 2.38. The second-order valence-electron chi connectivity index (χ2n) is 5.37. The van der Waals surface area contributed by atoms with E-state index < -0.39 is 0 Å². The van der Waals surface area contributed by atoms with Crippen molar-refractivity contribution in [1.82, 2.24) is 14.9 Å². The molecular weight excluding hydrogens is 214 g/mol. The number of hydrogen-bond acceptors (Lipinski definition) is 3. The van der Waals surface area contributed by atoms with Crippen LogP contribution in [0.3, 0.4) is 0 Å². The molecular formula is C13H21N3O. The average molecular weight is 235 g/mol.